The molecule has 3 aromatic carbocycles. The fourth-order valence-corrected chi connectivity index (χ4v) is 3.46. The van der Waals surface area contributed by atoms with Crippen molar-refractivity contribution in [2.45, 2.75) is 6.54 Å². The van der Waals surface area contributed by atoms with E-state index >= 15 is 0 Å². The van der Waals surface area contributed by atoms with Crippen LogP contribution in [-0.2, 0) is 6.54 Å². The molecule has 4 heteroatoms. The van der Waals surface area contributed by atoms with E-state index in [1.54, 1.807) is 12.1 Å². The SMILES string of the molecule is Nc1ccc2c3ccccc3n(CCO)c2c1-c1ccccc1O. The lowest BCUT2D eigenvalue weighted by Crippen LogP contribution is -2.03. The molecule has 1 aromatic heterocycles. The first kappa shape index (κ1) is 14.6. The van der Waals surface area contributed by atoms with E-state index in [1.807, 2.05) is 42.5 Å². The van der Waals surface area contributed by atoms with Crippen molar-refractivity contribution in [3.05, 3.63) is 60.7 Å². The second-order valence-corrected chi connectivity index (χ2v) is 5.84. The quantitative estimate of drug-likeness (QED) is 0.504. The number of hydrogen-bond acceptors (Lipinski definition) is 3. The number of aromatic nitrogens is 1. The van der Waals surface area contributed by atoms with Gasteiger partial charge in [0.05, 0.1) is 12.1 Å². The molecule has 0 aliphatic heterocycles. The number of nitrogen functional groups attached to an aromatic ring is 1. The maximum atomic E-state index is 10.3. The van der Waals surface area contributed by atoms with E-state index in [0.717, 1.165) is 27.4 Å². The Kier molecular flexibility index (Phi) is 3.40. The molecular weight excluding hydrogens is 300 g/mol. The van der Waals surface area contributed by atoms with Gasteiger partial charge in [0.2, 0.25) is 0 Å². The van der Waals surface area contributed by atoms with Gasteiger partial charge >= 0.3 is 0 Å². The van der Waals surface area contributed by atoms with Crippen LogP contribution in [0, 0.1) is 0 Å². The molecule has 0 spiro atoms. The van der Waals surface area contributed by atoms with Crippen LogP contribution in [0.4, 0.5) is 5.69 Å². The first-order chi connectivity index (χ1) is 11.7. The van der Waals surface area contributed by atoms with Crippen LogP contribution in [0.5, 0.6) is 5.75 Å². The highest BCUT2D eigenvalue weighted by atomic mass is 16.3. The molecule has 24 heavy (non-hydrogen) atoms. The molecule has 0 saturated carbocycles. The number of rotatable bonds is 3. The zero-order valence-corrected chi connectivity index (χ0v) is 13.1. The zero-order chi connectivity index (χ0) is 16.7. The molecular formula is C20H18N2O2. The summed E-state index contributed by atoms with van der Waals surface area (Å²) in [4.78, 5) is 0. The highest BCUT2D eigenvalue weighted by Gasteiger charge is 2.18. The van der Waals surface area contributed by atoms with Crippen LogP contribution in [0.3, 0.4) is 0 Å². The molecule has 0 fully saturated rings. The minimum Gasteiger partial charge on any atom is -0.507 e. The zero-order valence-electron chi connectivity index (χ0n) is 13.1. The van der Waals surface area contributed by atoms with Crippen LogP contribution in [0.1, 0.15) is 0 Å². The molecule has 0 bridgehead atoms. The fraction of sp³-hybridized carbons (Fsp3) is 0.100. The van der Waals surface area contributed by atoms with Gasteiger partial charge in [-0.1, -0.05) is 42.5 Å². The summed E-state index contributed by atoms with van der Waals surface area (Å²) in [5, 5.41) is 22.0. The third-order valence-electron chi connectivity index (χ3n) is 4.46. The number of anilines is 1. The molecule has 4 nitrogen and oxygen atoms in total. The van der Waals surface area contributed by atoms with Crippen LogP contribution in [-0.4, -0.2) is 21.4 Å². The molecule has 4 N–H and O–H groups in total. The Labute approximate surface area is 139 Å². The van der Waals surface area contributed by atoms with Crippen LogP contribution in [0.2, 0.25) is 0 Å². The van der Waals surface area contributed by atoms with Gasteiger partial charge < -0.3 is 20.5 Å². The second kappa shape index (κ2) is 5.58. The van der Waals surface area contributed by atoms with Crippen LogP contribution in [0.25, 0.3) is 32.9 Å². The van der Waals surface area contributed by atoms with Gasteiger partial charge in [-0.15, -0.1) is 0 Å². The van der Waals surface area contributed by atoms with E-state index in [2.05, 4.69) is 10.6 Å². The van der Waals surface area contributed by atoms with Gasteiger partial charge in [-0.3, -0.25) is 0 Å². The Morgan fingerprint density at radius 2 is 1.62 bits per heavy atom. The normalized spacial score (nSPS) is 11.4. The molecule has 4 rings (SSSR count). The lowest BCUT2D eigenvalue weighted by Gasteiger charge is -2.13. The molecule has 0 radical (unpaired) electrons. The summed E-state index contributed by atoms with van der Waals surface area (Å²) in [6, 6.07) is 19.2. The second-order valence-electron chi connectivity index (χ2n) is 5.84. The standard InChI is InChI=1S/C20H18N2O2/c21-16-10-9-14-13-5-1-3-7-17(13)22(11-12-23)20(14)19(16)15-6-2-4-8-18(15)24/h1-10,23-24H,11-12,21H2. The molecule has 0 unspecified atom stereocenters. The van der Waals surface area contributed by atoms with E-state index in [-0.39, 0.29) is 12.4 Å². The first-order valence-corrected chi connectivity index (χ1v) is 7.91. The number of aliphatic hydroxyl groups is 1. The minimum atomic E-state index is 0.0305. The Bertz CT molecular complexity index is 1050. The molecule has 0 aliphatic carbocycles. The van der Waals surface area contributed by atoms with Gasteiger partial charge in [0, 0.05) is 39.6 Å². The average Bonchev–Trinajstić information content (AvgIpc) is 2.91. The summed E-state index contributed by atoms with van der Waals surface area (Å²) in [6.07, 6.45) is 0. The highest BCUT2D eigenvalue weighted by molar-refractivity contribution is 6.15. The first-order valence-electron chi connectivity index (χ1n) is 7.91. The van der Waals surface area contributed by atoms with Crippen molar-refractivity contribution < 1.29 is 10.2 Å². The summed E-state index contributed by atoms with van der Waals surface area (Å²) in [5.41, 5.74) is 10.4. The van der Waals surface area contributed by atoms with Gasteiger partial charge in [-0.05, 0) is 18.2 Å². The molecule has 1 heterocycles. The summed E-state index contributed by atoms with van der Waals surface area (Å²) in [7, 11) is 0. The summed E-state index contributed by atoms with van der Waals surface area (Å²) in [5.74, 6) is 0.192. The van der Waals surface area contributed by atoms with Gasteiger partial charge in [0.1, 0.15) is 5.75 Å². The molecule has 120 valence electrons. The van der Waals surface area contributed by atoms with Crippen molar-refractivity contribution in [3.8, 4) is 16.9 Å². The van der Waals surface area contributed by atoms with Crippen molar-refractivity contribution in [2.24, 2.45) is 0 Å². The fourth-order valence-electron chi connectivity index (χ4n) is 3.46. The van der Waals surface area contributed by atoms with Gasteiger partial charge in [-0.25, -0.2) is 0 Å². The largest absolute Gasteiger partial charge is 0.507 e. The molecule has 0 saturated heterocycles. The van der Waals surface area contributed by atoms with Gasteiger partial charge in [0.15, 0.2) is 0 Å². The third kappa shape index (κ3) is 2.04. The predicted octanol–water partition coefficient (Wildman–Crippen LogP) is 3.74. The van der Waals surface area contributed by atoms with E-state index < -0.39 is 0 Å². The topological polar surface area (TPSA) is 71.4 Å². The number of hydrogen-bond donors (Lipinski definition) is 3. The number of phenols is 1. The number of fused-ring (bicyclic) bond motifs is 3. The maximum Gasteiger partial charge on any atom is 0.123 e. The van der Waals surface area contributed by atoms with Crippen LogP contribution >= 0.6 is 0 Å². The number of nitrogens with two attached hydrogens (primary N) is 1. The number of aliphatic hydroxyl groups excluding tert-OH is 1. The monoisotopic (exact) mass is 318 g/mol. The highest BCUT2D eigenvalue weighted by Crippen LogP contribution is 2.42. The number of aromatic hydroxyl groups is 1. The van der Waals surface area contributed by atoms with Gasteiger partial charge in [0.25, 0.3) is 0 Å². The van der Waals surface area contributed by atoms with Crippen molar-refractivity contribution in [3.63, 3.8) is 0 Å². The van der Waals surface area contributed by atoms with E-state index in [4.69, 9.17) is 5.73 Å². The van der Waals surface area contributed by atoms with E-state index in [0.29, 0.717) is 17.8 Å². The third-order valence-corrected chi connectivity index (χ3v) is 4.46. The summed E-state index contributed by atoms with van der Waals surface area (Å²) >= 11 is 0. The smallest absolute Gasteiger partial charge is 0.123 e. The Morgan fingerprint density at radius 3 is 2.42 bits per heavy atom. The summed E-state index contributed by atoms with van der Waals surface area (Å²) in [6.45, 7) is 0.497. The average molecular weight is 318 g/mol. The Morgan fingerprint density at radius 1 is 0.875 bits per heavy atom. The van der Waals surface area contributed by atoms with E-state index in [1.165, 1.54) is 0 Å². The van der Waals surface area contributed by atoms with Crippen LogP contribution < -0.4 is 5.73 Å². The Balaban J connectivity index is 2.21. The molecule has 0 aliphatic rings. The maximum absolute atomic E-state index is 10.3. The summed E-state index contributed by atoms with van der Waals surface area (Å²) < 4.78 is 2.07. The number of nitrogens with zero attached hydrogens (tertiary/aromatic N) is 1. The van der Waals surface area contributed by atoms with Crippen LogP contribution in [0.15, 0.2) is 60.7 Å². The lowest BCUT2D eigenvalue weighted by molar-refractivity contribution is 0.280. The van der Waals surface area contributed by atoms with E-state index in [9.17, 15) is 10.2 Å². The Hall–Kier alpha value is -2.98. The molecule has 0 amide bonds. The van der Waals surface area contributed by atoms with Gasteiger partial charge in [-0.2, -0.15) is 0 Å². The number of benzene rings is 3. The van der Waals surface area contributed by atoms with Crippen molar-refractivity contribution in [1.82, 2.24) is 4.57 Å². The number of phenolic OH excluding ortho intramolecular Hbond substituents is 1. The molecule has 0 atom stereocenters. The number of para-hydroxylation sites is 2. The predicted molar refractivity (Wildman–Crippen MR) is 98.0 cm³/mol. The lowest BCUT2D eigenvalue weighted by atomic mass is 9.99. The van der Waals surface area contributed by atoms with Crippen molar-refractivity contribution in [1.29, 1.82) is 0 Å². The molecule has 4 aromatic rings. The van der Waals surface area contributed by atoms with Crippen molar-refractivity contribution >= 4 is 27.5 Å². The minimum absolute atomic E-state index is 0.0305. The van der Waals surface area contributed by atoms with Crippen molar-refractivity contribution in [2.75, 3.05) is 12.3 Å².